The number of nitriles is 1. The SMILES string of the molecule is Cc1ccc2c3cc(-c4c5ccccc5c(-c5ccc(C#N)cc5)c5ccccc45)ccc3c3ccc4c(sc5c6ccc7ccccc7c6c6ccccc6c45)c3c2c1. The minimum atomic E-state index is 0.666. The van der Waals surface area contributed by atoms with Crippen LogP contribution in [0.5, 0.6) is 0 Å². The molecule has 12 aromatic carbocycles. The average Bonchev–Trinajstić information content (AvgIpc) is 3.71. The van der Waals surface area contributed by atoms with Crippen molar-refractivity contribution in [3.8, 4) is 28.3 Å². The van der Waals surface area contributed by atoms with E-state index < -0.39 is 0 Å². The molecule has 0 atom stereocenters. The number of nitrogens with zero attached hydrogens (tertiary/aromatic N) is 1. The zero-order valence-corrected chi connectivity index (χ0v) is 33.5. The van der Waals surface area contributed by atoms with Gasteiger partial charge in [0.25, 0.3) is 0 Å². The maximum absolute atomic E-state index is 9.54. The first-order valence-corrected chi connectivity index (χ1v) is 21.4. The molecule has 1 aromatic heterocycles. The van der Waals surface area contributed by atoms with Gasteiger partial charge in [-0.05, 0) is 123 Å². The molecule has 1 heterocycles. The molecule has 0 radical (unpaired) electrons. The van der Waals surface area contributed by atoms with Gasteiger partial charge in [0.1, 0.15) is 0 Å². The van der Waals surface area contributed by atoms with Crippen molar-refractivity contribution in [1.82, 2.24) is 0 Å². The molecule has 0 saturated heterocycles. The maximum atomic E-state index is 9.54. The number of fused-ring (bicyclic) bond motifs is 19. The first-order valence-electron chi connectivity index (χ1n) is 20.6. The van der Waals surface area contributed by atoms with Crippen LogP contribution in [0.1, 0.15) is 11.1 Å². The van der Waals surface area contributed by atoms with Crippen LogP contribution in [0.15, 0.2) is 182 Å². The first kappa shape index (κ1) is 33.4. The minimum Gasteiger partial charge on any atom is -0.192 e. The zero-order valence-electron chi connectivity index (χ0n) is 32.7. The van der Waals surface area contributed by atoms with Crippen molar-refractivity contribution >= 4 is 118 Å². The van der Waals surface area contributed by atoms with Gasteiger partial charge in [-0.2, -0.15) is 5.26 Å². The third-order valence-corrected chi connectivity index (χ3v) is 14.3. The van der Waals surface area contributed by atoms with Gasteiger partial charge in [0.05, 0.1) is 11.6 Å². The lowest BCUT2D eigenvalue weighted by atomic mass is 9.84. The van der Waals surface area contributed by atoms with Gasteiger partial charge in [0.2, 0.25) is 0 Å². The largest absolute Gasteiger partial charge is 0.192 e. The molecular formula is C58H33NS. The summed E-state index contributed by atoms with van der Waals surface area (Å²) in [5.41, 5.74) is 6.68. The molecule has 0 aliphatic rings. The summed E-state index contributed by atoms with van der Waals surface area (Å²) in [4.78, 5) is 0. The third kappa shape index (κ3) is 4.56. The van der Waals surface area contributed by atoms with Gasteiger partial charge in [-0.15, -0.1) is 11.3 Å². The fourth-order valence-corrected chi connectivity index (χ4v) is 11.9. The minimum absolute atomic E-state index is 0.666. The molecule has 0 bridgehead atoms. The van der Waals surface area contributed by atoms with E-state index >= 15 is 0 Å². The Hall–Kier alpha value is -7.57. The first-order chi connectivity index (χ1) is 29.6. The number of rotatable bonds is 2. The lowest BCUT2D eigenvalue weighted by molar-refractivity contribution is 1.49. The molecule has 60 heavy (non-hydrogen) atoms. The van der Waals surface area contributed by atoms with E-state index in [1.807, 2.05) is 23.5 Å². The van der Waals surface area contributed by atoms with Crippen LogP contribution in [-0.2, 0) is 0 Å². The number of thiophene rings is 1. The Bertz CT molecular complexity index is 4010. The fraction of sp³-hybridized carbons (Fsp3) is 0.0172. The van der Waals surface area contributed by atoms with Crippen molar-refractivity contribution in [2.75, 3.05) is 0 Å². The summed E-state index contributed by atoms with van der Waals surface area (Å²) in [6.07, 6.45) is 0. The van der Waals surface area contributed by atoms with Crippen molar-refractivity contribution in [2.24, 2.45) is 0 Å². The van der Waals surface area contributed by atoms with E-state index in [4.69, 9.17) is 0 Å². The highest BCUT2D eigenvalue weighted by Crippen LogP contribution is 2.51. The summed E-state index contributed by atoms with van der Waals surface area (Å²) in [5.74, 6) is 0. The lowest BCUT2D eigenvalue weighted by Crippen LogP contribution is -1.91. The Balaban J connectivity index is 1.13. The van der Waals surface area contributed by atoms with Crippen molar-refractivity contribution in [1.29, 1.82) is 5.26 Å². The van der Waals surface area contributed by atoms with Crippen LogP contribution in [0.25, 0.3) is 129 Å². The quantitative estimate of drug-likeness (QED) is 0.127. The van der Waals surface area contributed by atoms with Crippen LogP contribution in [0.2, 0.25) is 0 Å². The van der Waals surface area contributed by atoms with E-state index in [1.165, 1.54) is 129 Å². The van der Waals surface area contributed by atoms with E-state index in [-0.39, 0.29) is 0 Å². The molecule has 13 aromatic rings. The van der Waals surface area contributed by atoms with Gasteiger partial charge in [-0.25, -0.2) is 0 Å². The monoisotopic (exact) mass is 775 g/mol. The molecule has 0 amide bonds. The number of hydrogen-bond acceptors (Lipinski definition) is 2. The highest BCUT2D eigenvalue weighted by Gasteiger charge is 2.21. The van der Waals surface area contributed by atoms with E-state index in [0.717, 1.165) is 5.56 Å². The second-order valence-electron chi connectivity index (χ2n) is 16.3. The van der Waals surface area contributed by atoms with Gasteiger partial charge in [-0.1, -0.05) is 169 Å². The summed E-state index contributed by atoms with van der Waals surface area (Å²) >= 11 is 1.96. The number of aryl methyl sites for hydroxylation is 1. The Morgan fingerprint density at radius 3 is 1.50 bits per heavy atom. The Morgan fingerprint density at radius 2 is 0.817 bits per heavy atom. The summed E-state index contributed by atoms with van der Waals surface area (Å²) < 4.78 is 2.71. The average molecular weight is 776 g/mol. The van der Waals surface area contributed by atoms with Crippen molar-refractivity contribution in [3.63, 3.8) is 0 Å². The Kier molecular flexibility index (Phi) is 6.94. The zero-order chi connectivity index (χ0) is 39.6. The lowest BCUT2D eigenvalue weighted by Gasteiger charge is -2.19. The second-order valence-corrected chi connectivity index (χ2v) is 17.3. The fourth-order valence-electron chi connectivity index (χ4n) is 10.5. The molecule has 0 N–H and O–H groups in total. The van der Waals surface area contributed by atoms with Crippen LogP contribution in [0, 0.1) is 18.3 Å². The van der Waals surface area contributed by atoms with E-state index in [9.17, 15) is 5.26 Å². The summed E-state index contributed by atoms with van der Waals surface area (Å²) in [6.45, 7) is 2.22. The molecule has 13 rings (SSSR count). The van der Waals surface area contributed by atoms with Crippen molar-refractivity contribution < 1.29 is 0 Å². The molecule has 2 heteroatoms. The van der Waals surface area contributed by atoms with Crippen LogP contribution in [0.4, 0.5) is 0 Å². The molecule has 0 aliphatic carbocycles. The summed E-state index contributed by atoms with van der Waals surface area (Å²) in [5, 5.41) is 32.7. The molecule has 276 valence electrons. The van der Waals surface area contributed by atoms with Gasteiger partial charge in [0, 0.05) is 30.9 Å². The van der Waals surface area contributed by atoms with Gasteiger partial charge >= 0.3 is 0 Å². The van der Waals surface area contributed by atoms with E-state index in [0.29, 0.717) is 5.56 Å². The van der Waals surface area contributed by atoms with Crippen LogP contribution in [0.3, 0.4) is 0 Å². The highest BCUT2D eigenvalue weighted by atomic mass is 32.1. The van der Waals surface area contributed by atoms with E-state index in [1.54, 1.807) is 0 Å². The normalized spacial score (nSPS) is 12.1. The predicted octanol–water partition coefficient (Wildman–Crippen LogP) is 16.8. The third-order valence-electron chi connectivity index (χ3n) is 13.1. The standard InChI is InChI=1S/C58H33NS/c1-33-18-25-40-50-31-37(53-43-14-6-4-12-41(43)52(42-13-5-7-15-44(42)53)36-21-19-34(32-59)20-22-36)24-26-39(50)47-28-29-49-55-46-17-9-8-16-45(46)54-38-11-3-2-10-35(38)23-27-48(54)57(55)60-58(49)56(47)51(40)30-33/h2-31H,1H3. The Morgan fingerprint density at radius 1 is 0.350 bits per heavy atom. The highest BCUT2D eigenvalue weighted by molar-refractivity contribution is 7.28. The Labute approximate surface area is 349 Å². The molecular weight excluding hydrogens is 743 g/mol. The summed E-state index contributed by atoms with van der Waals surface area (Å²) in [7, 11) is 0. The van der Waals surface area contributed by atoms with Gasteiger partial charge in [0.15, 0.2) is 0 Å². The smallest absolute Gasteiger partial charge is 0.0991 e. The molecule has 0 fully saturated rings. The van der Waals surface area contributed by atoms with Crippen molar-refractivity contribution in [2.45, 2.75) is 6.92 Å². The second kappa shape index (κ2) is 12.5. The molecule has 0 unspecified atom stereocenters. The molecule has 0 aliphatic heterocycles. The number of hydrogen-bond donors (Lipinski definition) is 0. The molecule has 1 nitrogen and oxygen atoms in total. The maximum Gasteiger partial charge on any atom is 0.0991 e. The van der Waals surface area contributed by atoms with Crippen LogP contribution in [-0.4, -0.2) is 0 Å². The van der Waals surface area contributed by atoms with Crippen molar-refractivity contribution in [3.05, 3.63) is 193 Å². The van der Waals surface area contributed by atoms with E-state index in [2.05, 4.69) is 183 Å². The molecule has 0 saturated carbocycles. The van der Waals surface area contributed by atoms with Crippen LogP contribution >= 0.6 is 11.3 Å². The summed E-state index contributed by atoms with van der Waals surface area (Å²) in [6, 6.07) is 69.4. The van der Waals surface area contributed by atoms with Gasteiger partial charge < -0.3 is 0 Å². The van der Waals surface area contributed by atoms with Gasteiger partial charge in [-0.3, -0.25) is 0 Å². The number of benzene rings is 12. The van der Waals surface area contributed by atoms with Crippen LogP contribution < -0.4 is 0 Å². The topological polar surface area (TPSA) is 23.8 Å². The molecule has 0 spiro atoms. The predicted molar refractivity (Wildman–Crippen MR) is 260 cm³/mol.